The topological polar surface area (TPSA) is 23.8 Å². The van der Waals surface area contributed by atoms with Gasteiger partial charge in [-0.1, -0.05) is 97.1 Å². The molecule has 0 unspecified atom stereocenters. The van der Waals surface area contributed by atoms with E-state index in [9.17, 15) is 0 Å². The second-order valence-electron chi connectivity index (χ2n) is 11.4. The first-order chi connectivity index (χ1) is 23.3. The lowest BCUT2D eigenvalue weighted by atomic mass is 10.1. The molecule has 2 heterocycles. The highest BCUT2D eigenvalue weighted by Gasteiger charge is 2.16. The normalized spacial score (nSPS) is 11.0. The van der Waals surface area contributed by atoms with Crippen LogP contribution in [0.5, 0.6) is 0 Å². The van der Waals surface area contributed by atoms with Crippen LogP contribution in [0, 0.1) is 0 Å². The predicted octanol–water partition coefficient (Wildman–Crippen LogP) is 11.6. The maximum Gasteiger partial charge on any atom is 0.137 e. The fourth-order valence-electron chi connectivity index (χ4n) is 6.09. The summed E-state index contributed by atoms with van der Waals surface area (Å²) in [4.78, 5) is 9.50. The smallest absolute Gasteiger partial charge is 0.137 e. The van der Waals surface area contributed by atoms with Crippen LogP contribution in [0.4, 0.5) is 34.1 Å². The first kappa shape index (κ1) is 28.1. The molecule has 0 atom stereocenters. The van der Waals surface area contributed by atoms with Crippen molar-refractivity contribution in [3.63, 3.8) is 0 Å². The van der Waals surface area contributed by atoms with Gasteiger partial charge < -0.3 is 14.2 Å². The van der Waals surface area contributed by atoms with Crippen LogP contribution >= 0.6 is 0 Å². The van der Waals surface area contributed by atoms with Crippen molar-refractivity contribution in [3.8, 4) is 22.4 Å². The van der Waals surface area contributed by atoms with Crippen LogP contribution in [0.3, 0.4) is 0 Å². The lowest BCUT2D eigenvalue weighted by Gasteiger charge is -2.28. The van der Waals surface area contributed by atoms with E-state index in [-0.39, 0.29) is 0 Å². The zero-order valence-corrected chi connectivity index (χ0v) is 25.8. The Kier molecular flexibility index (Phi) is 7.50. The third-order valence-electron chi connectivity index (χ3n) is 8.39. The SMILES string of the molecule is c1ccc(-c2ccc3nc(-c4ccc(N(c5ccccc5)c5ccc(N(c6ccccc6)c6ccccc6)cc5)cc4)cn3c2)cc1. The summed E-state index contributed by atoms with van der Waals surface area (Å²) in [6.07, 6.45) is 4.25. The van der Waals surface area contributed by atoms with Crippen molar-refractivity contribution >= 4 is 39.8 Å². The molecule has 4 heteroatoms. The van der Waals surface area contributed by atoms with Crippen molar-refractivity contribution in [2.24, 2.45) is 0 Å². The molecule has 47 heavy (non-hydrogen) atoms. The van der Waals surface area contributed by atoms with Gasteiger partial charge in [-0.25, -0.2) is 4.98 Å². The zero-order valence-electron chi connectivity index (χ0n) is 25.8. The lowest BCUT2D eigenvalue weighted by molar-refractivity contribution is 1.19. The molecule has 0 saturated carbocycles. The van der Waals surface area contributed by atoms with Gasteiger partial charge >= 0.3 is 0 Å². The minimum absolute atomic E-state index is 0.926. The summed E-state index contributed by atoms with van der Waals surface area (Å²) < 4.78 is 2.11. The number of rotatable bonds is 8. The number of hydrogen-bond donors (Lipinski definition) is 0. The molecule has 0 N–H and O–H groups in total. The Hall–Kier alpha value is -6.39. The number of imidazole rings is 1. The summed E-state index contributed by atoms with van der Waals surface area (Å²) in [5.41, 5.74) is 11.9. The zero-order chi connectivity index (χ0) is 31.4. The van der Waals surface area contributed by atoms with Crippen molar-refractivity contribution in [3.05, 3.63) is 194 Å². The molecule has 0 amide bonds. The Bertz CT molecular complexity index is 2170. The summed E-state index contributed by atoms with van der Waals surface area (Å²) in [6.45, 7) is 0. The van der Waals surface area contributed by atoms with E-state index in [2.05, 4.69) is 203 Å². The number of pyridine rings is 1. The van der Waals surface area contributed by atoms with Gasteiger partial charge in [0.1, 0.15) is 5.65 Å². The molecule has 0 aliphatic carbocycles. The molecule has 224 valence electrons. The Balaban J connectivity index is 1.12. The van der Waals surface area contributed by atoms with Gasteiger partial charge in [-0.2, -0.15) is 0 Å². The van der Waals surface area contributed by atoms with Gasteiger partial charge in [-0.05, 0) is 96.1 Å². The van der Waals surface area contributed by atoms with E-state index in [1.54, 1.807) is 0 Å². The van der Waals surface area contributed by atoms with Gasteiger partial charge in [0.15, 0.2) is 0 Å². The quantitative estimate of drug-likeness (QED) is 0.172. The molecule has 8 rings (SSSR count). The minimum Gasteiger partial charge on any atom is -0.311 e. The molecule has 0 spiro atoms. The third-order valence-corrected chi connectivity index (χ3v) is 8.39. The molecule has 4 nitrogen and oxygen atoms in total. The van der Waals surface area contributed by atoms with E-state index >= 15 is 0 Å². The van der Waals surface area contributed by atoms with Crippen LogP contribution in [-0.2, 0) is 0 Å². The fraction of sp³-hybridized carbons (Fsp3) is 0. The number of hydrogen-bond acceptors (Lipinski definition) is 3. The molecule has 8 aromatic rings. The molecular formula is C43H32N4. The van der Waals surface area contributed by atoms with Crippen molar-refractivity contribution in [2.75, 3.05) is 9.80 Å². The molecule has 0 aliphatic rings. The second kappa shape index (κ2) is 12.5. The first-order valence-corrected chi connectivity index (χ1v) is 15.8. The maximum atomic E-state index is 4.93. The molecule has 0 saturated heterocycles. The molecule has 0 aliphatic heterocycles. The molecule has 0 fully saturated rings. The minimum atomic E-state index is 0.926. The predicted molar refractivity (Wildman–Crippen MR) is 195 cm³/mol. The Morgan fingerprint density at radius 1 is 0.319 bits per heavy atom. The molecule has 6 aromatic carbocycles. The first-order valence-electron chi connectivity index (χ1n) is 15.8. The van der Waals surface area contributed by atoms with E-state index in [4.69, 9.17) is 4.98 Å². The Morgan fingerprint density at radius 3 is 1.17 bits per heavy atom. The summed E-state index contributed by atoms with van der Waals surface area (Å²) in [6, 6.07) is 63.6. The second-order valence-corrected chi connectivity index (χ2v) is 11.4. The number of nitrogens with zero attached hydrogens (tertiary/aromatic N) is 4. The van der Waals surface area contributed by atoms with Crippen LogP contribution < -0.4 is 9.80 Å². The number of fused-ring (bicyclic) bond motifs is 1. The summed E-state index contributed by atoms with van der Waals surface area (Å²) in [7, 11) is 0. The molecule has 2 aromatic heterocycles. The van der Waals surface area contributed by atoms with Gasteiger partial charge in [0, 0.05) is 52.1 Å². The highest BCUT2D eigenvalue weighted by atomic mass is 15.2. The van der Waals surface area contributed by atoms with Gasteiger partial charge in [0.25, 0.3) is 0 Å². The van der Waals surface area contributed by atoms with E-state index in [0.717, 1.165) is 56.6 Å². The number of aromatic nitrogens is 2. The van der Waals surface area contributed by atoms with E-state index in [1.165, 1.54) is 5.56 Å². The standard InChI is InChI=1S/C43H32N4/c1-5-13-33(14-6-1)35-23-30-43-44-42(32-45(43)31-35)34-21-24-39(25-22-34)47(38-19-11-4-12-20-38)41-28-26-40(27-29-41)46(36-15-7-2-8-16-36)37-17-9-3-10-18-37/h1-32H. The highest BCUT2D eigenvalue weighted by molar-refractivity contribution is 5.82. The Labute approximate surface area is 275 Å². The molecule has 0 radical (unpaired) electrons. The van der Waals surface area contributed by atoms with Gasteiger partial charge in [-0.15, -0.1) is 0 Å². The monoisotopic (exact) mass is 604 g/mol. The van der Waals surface area contributed by atoms with Crippen molar-refractivity contribution in [1.82, 2.24) is 9.38 Å². The Morgan fingerprint density at radius 2 is 0.702 bits per heavy atom. The average Bonchev–Trinajstić information content (AvgIpc) is 3.58. The van der Waals surface area contributed by atoms with Crippen LogP contribution in [-0.4, -0.2) is 9.38 Å². The van der Waals surface area contributed by atoms with Crippen LogP contribution in [0.1, 0.15) is 0 Å². The van der Waals surface area contributed by atoms with Crippen molar-refractivity contribution in [1.29, 1.82) is 0 Å². The maximum absolute atomic E-state index is 4.93. The van der Waals surface area contributed by atoms with Gasteiger partial charge in [-0.3, -0.25) is 0 Å². The van der Waals surface area contributed by atoms with Crippen molar-refractivity contribution < 1.29 is 0 Å². The lowest BCUT2D eigenvalue weighted by Crippen LogP contribution is -2.12. The number of anilines is 6. The van der Waals surface area contributed by atoms with Crippen LogP contribution in [0.2, 0.25) is 0 Å². The fourth-order valence-corrected chi connectivity index (χ4v) is 6.09. The van der Waals surface area contributed by atoms with E-state index < -0.39 is 0 Å². The summed E-state index contributed by atoms with van der Waals surface area (Å²) in [5.74, 6) is 0. The van der Waals surface area contributed by atoms with Gasteiger partial charge in [0.2, 0.25) is 0 Å². The number of benzene rings is 6. The van der Waals surface area contributed by atoms with E-state index in [0.29, 0.717) is 0 Å². The van der Waals surface area contributed by atoms with Crippen LogP contribution in [0.25, 0.3) is 28.0 Å². The average molecular weight is 605 g/mol. The summed E-state index contributed by atoms with van der Waals surface area (Å²) in [5, 5.41) is 0. The molecular weight excluding hydrogens is 573 g/mol. The van der Waals surface area contributed by atoms with Crippen molar-refractivity contribution in [2.45, 2.75) is 0 Å². The number of para-hydroxylation sites is 3. The van der Waals surface area contributed by atoms with Crippen LogP contribution in [0.15, 0.2) is 194 Å². The molecule has 0 bridgehead atoms. The largest absolute Gasteiger partial charge is 0.311 e. The van der Waals surface area contributed by atoms with Gasteiger partial charge in [0.05, 0.1) is 5.69 Å². The van der Waals surface area contributed by atoms with E-state index in [1.807, 2.05) is 6.07 Å². The summed E-state index contributed by atoms with van der Waals surface area (Å²) >= 11 is 0. The highest BCUT2D eigenvalue weighted by Crippen LogP contribution is 2.39. The third kappa shape index (κ3) is 5.76.